The summed E-state index contributed by atoms with van der Waals surface area (Å²) in [7, 11) is 0. The zero-order valence-electron chi connectivity index (χ0n) is 18.0. The SMILES string of the molecule is Nc1nc(C(=CCl)C(=O)NC2C(=O)N3CC(CSc4nnc(SCC(=O)O)s4)(C(=O)O)CS[C@H]23)cs1.[NaH].[NaH]. The van der Waals surface area contributed by atoms with E-state index in [1.54, 1.807) is 5.38 Å². The van der Waals surface area contributed by atoms with Crippen molar-refractivity contribution in [2.45, 2.75) is 20.1 Å². The van der Waals surface area contributed by atoms with Crippen LogP contribution in [0.25, 0.3) is 5.57 Å². The number of fused-ring (bicyclic) bond motifs is 1. The molecule has 5 N–H and O–H groups in total. The van der Waals surface area contributed by atoms with Crippen LogP contribution in [0.3, 0.4) is 0 Å². The molecule has 2 aromatic rings. The van der Waals surface area contributed by atoms with E-state index in [9.17, 15) is 24.3 Å². The Balaban J connectivity index is 0.00000253. The summed E-state index contributed by atoms with van der Waals surface area (Å²) < 4.78 is 0.989. The van der Waals surface area contributed by atoms with E-state index in [2.05, 4.69) is 20.5 Å². The van der Waals surface area contributed by atoms with Crippen molar-refractivity contribution in [2.24, 2.45) is 5.41 Å². The number of aliphatic carboxylic acids is 2. The minimum absolute atomic E-state index is 0. The molecule has 196 valence electrons. The number of nitrogens with one attached hydrogen (secondary N) is 1. The number of nitrogens with two attached hydrogens (primary N) is 1. The van der Waals surface area contributed by atoms with Crippen molar-refractivity contribution >= 4 is 163 Å². The molecule has 2 aliphatic heterocycles. The molecule has 4 rings (SSSR count). The fourth-order valence-electron chi connectivity index (χ4n) is 3.40. The molecule has 2 aromatic heterocycles. The number of nitrogens with zero attached hydrogens (tertiary/aromatic N) is 4. The van der Waals surface area contributed by atoms with Gasteiger partial charge in [0.25, 0.3) is 5.91 Å². The standard InChI is InChI=1S/C18H17ClN6O6S5.2Na.2H/c19-1-7(8-2-32-15(20)21-8)11(28)22-10-12(29)25-4-18(14(30)31,5-34-13(10)25)6-35-17-24-23-16(36-17)33-3-9(26)27;;;;/h1-2,10,13H,3-6H2,(H2,20,21)(H,22,28)(H,26,27)(H,30,31);;;;/t10?,13-,18?;;;;/m1..../s1. The first-order valence-corrected chi connectivity index (χ1v) is 15.1. The van der Waals surface area contributed by atoms with Gasteiger partial charge in [-0.15, -0.1) is 33.3 Å². The molecule has 2 saturated heterocycles. The fraction of sp³-hybridized carbons (Fsp3) is 0.389. The predicted octanol–water partition coefficient (Wildman–Crippen LogP) is 0.299. The Morgan fingerprint density at radius 3 is 2.53 bits per heavy atom. The van der Waals surface area contributed by atoms with Crippen LogP contribution in [-0.2, 0) is 19.2 Å². The molecule has 2 aliphatic rings. The van der Waals surface area contributed by atoms with Crippen LogP contribution >= 0.6 is 69.6 Å². The minimum atomic E-state index is -1.23. The number of anilines is 1. The number of amides is 2. The van der Waals surface area contributed by atoms with E-state index in [1.165, 1.54) is 39.8 Å². The monoisotopic (exact) mass is 656 g/mol. The third-order valence-corrected chi connectivity index (χ3v) is 11.2. The van der Waals surface area contributed by atoms with Gasteiger partial charge in [0.1, 0.15) is 16.8 Å². The first-order valence-electron chi connectivity index (χ1n) is 9.92. The van der Waals surface area contributed by atoms with Crippen molar-refractivity contribution in [3.8, 4) is 0 Å². The number of β-lactam (4-membered cyclic amide) rings is 1. The Hall–Kier alpha value is -0.0500. The summed E-state index contributed by atoms with van der Waals surface area (Å²) in [4.78, 5) is 54.0. The second kappa shape index (κ2) is 14.7. The van der Waals surface area contributed by atoms with Crippen molar-refractivity contribution in [3.05, 3.63) is 16.6 Å². The number of rotatable bonds is 10. The molecule has 3 atom stereocenters. The summed E-state index contributed by atoms with van der Waals surface area (Å²) in [6, 6.07) is -0.818. The van der Waals surface area contributed by atoms with Crippen LogP contribution in [0.5, 0.6) is 0 Å². The van der Waals surface area contributed by atoms with Crippen molar-refractivity contribution in [1.82, 2.24) is 25.4 Å². The van der Waals surface area contributed by atoms with Gasteiger partial charge >= 0.3 is 71.1 Å². The molecule has 2 unspecified atom stereocenters. The molecule has 0 spiro atoms. The number of carbonyl (C=O) groups is 4. The third kappa shape index (κ3) is 7.61. The van der Waals surface area contributed by atoms with E-state index >= 15 is 0 Å². The van der Waals surface area contributed by atoms with E-state index in [0.717, 1.165) is 28.6 Å². The van der Waals surface area contributed by atoms with Crippen molar-refractivity contribution < 1.29 is 29.4 Å². The topological polar surface area (TPSA) is 189 Å². The Morgan fingerprint density at radius 2 is 1.95 bits per heavy atom. The van der Waals surface area contributed by atoms with Gasteiger partial charge in [0, 0.05) is 29.0 Å². The molecular formula is C18H19ClN6Na2O6S5. The van der Waals surface area contributed by atoms with Crippen LogP contribution in [0.2, 0.25) is 0 Å². The van der Waals surface area contributed by atoms with Gasteiger partial charge in [-0.05, 0) is 0 Å². The Labute approximate surface area is 286 Å². The number of halogens is 1. The molecular weight excluding hydrogens is 638 g/mol. The normalized spacial score (nSPS) is 22.4. The van der Waals surface area contributed by atoms with Crippen LogP contribution in [0.1, 0.15) is 5.69 Å². The van der Waals surface area contributed by atoms with Crippen molar-refractivity contribution in [3.63, 3.8) is 0 Å². The quantitative estimate of drug-likeness (QED) is 0.118. The number of carboxylic acids is 2. The van der Waals surface area contributed by atoms with Gasteiger partial charge in [0.15, 0.2) is 13.8 Å². The van der Waals surface area contributed by atoms with Crippen LogP contribution in [0.4, 0.5) is 5.13 Å². The number of nitrogen functional groups attached to an aromatic ring is 1. The van der Waals surface area contributed by atoms with Crippen molar-refractivity contribution in [2.75, 3.05) is 29.5 Å². The number of carboxylic acid groups (broad SMARTS) is 2. The van der Waals surface area contributed by atoms with Crippen LogP contribution < -0.4 is 11.1 Å². The molecule has 2 amide bonds. The first-order chi connectivity index (χ1) is 17.1. The van der Waals surface area contributed by atoms with Crippen molar-refractivity contribution in [1.29, 1.82) is 0 Å². The number of aromatic nitrogens is 3. The summed E-state index contributed by atoms with van der Waals surface area (Å²) in [5.74, 6) is -2.76. The summed E-state index contributed by atoms with van der Waals surface area (Å²) in [5.41, 5.74) is 5.84. The maximum absolute atomic E-state index is 12.8. The van der Waals surface area contributed by atoms with E-state index in [4.69, 9.17) is 22.4 Å². The second-order valence-corrected chi connectivity index (χ2v) is 13.2. The second-order valence-electron chi connectivity index (χ2n) is 7.60. The van der Waals surface area contributed by atoms with Gasteiger partial charge in [-0.2, -0.15) is 0 Å². The molecule has 20 heteroatoms. The van der Waals surface area contributed by atoms with Gasteiger partial charge in [0.05, 0.1) is 17.0 Å². The Bertz CT molecular complexity index is 1250. The van der Waals surface area contributed by atoms with Gasteiger partial charge in [-0.1, -0.05) is 46.5 Å². The molecule has 4 heterocycles. The third-order valence-electron chi connectivity index (χ3n) is 5.22. The van der Waals surface area contributed by atoms with E-state index in [-0.39, 0.29) is 99.5 Å². The van der Waals surface area contributed by atoms with E-state index < -0.39 is 34.7 Å². The molecule has 0 aromatic carbocycles. The summed E-state index contributed by atoms with van der Waals surface area (Å²) >= 11 is 11.7. The Kier molecular flexibility index (Phi) is 13.2. The van der Waals surface area contributed by atoms with E-state index in [1.807, 2.05) is 0 Å². The molecule has 0 aliphatic carbocycles. The van der Waals surface area contributed by atoms with Gasteiger partial charge in [-0.3, -0.25) is 19.2 Å². The fourth-order valence-corrected chi connectivity index (χ4v) is 8.77. The number of thioether (sulfide) groups is 3. The van der Waals surface area contributed by atoms with E-state index in [0.29, 0.717) is 14.4 Å². The molecule has 2 fully saturated rings. The first kappa shape index (κ1) is 34.2. The molecule has 0 radical (unpaired) electrons. The molecule has 0 saturated carbocycles. The van der Waals surface area contributed by atoms with Crippen LogP contribution in [0.15, 0.2) is 19.6 Å². The van der Waals surface area contributed by atoms with Crippen LogP contribution in [0, 0.1) is 5.41 Å². The van der Waals surface area contributed by atoms with Crippen LogP contribution in [-0.4, -0.2) is 148 Å². The average molecular weight is 657 g/mol. The molecule has 38 heavy (non-hydrogen) atoms. The number of hydrogen-bond acceptors (Lipinski definition) is 13. The number of thiazole rings is 1. The summed E-state index contributed by atoms with van der Waals surface area (Å²) in [6.45, 7) is -0.0154. The number of hydrogen-bond donors (Lipinski definition) is 4. The predicted molar refractivity (Wildman–Crippen MR) is 154 cm³/mol. The van der Waals surface area contributed by atoms with Gasteiger partial charge in [-0.25, -0.2) is 4.98 Å². The zero-order valence-corrected chi connectivity index (χ0v) is 22.8. The summed E-state index contributed by atoms with van der Waals surface area (Å²) in [5, 5.41) is 30.8. The zero-order chi connectivity index (χ0) is 26.0. The molecule has 12 nitrogen and oxygen atoms in total. The maximum atomic E-state index is 12.8. The average Bonchev–Trinajstić information content (AvgIpc) is 3.49. The molecule has 0 bridgehead atoms. The van der Waals surface area contributed by atoms with Gasteiger partial charge < -0.3 is 26.2 Å². The van der Waals surface area contributed by atoms with Gasteiger partial charge in [0.2, 0.25) is 5.91 Å². The summed E-state index contributed by atoms with van der Waals surface area (Å²) in [6.07, 6.45) is 0. The number of carbonyl (C=O) groups excluding carboxylic acids is 2. The Morgan fingerprint density at radius 1 is 1.26 bits per heavy atom.